The van der Waals surface area contributed by atoms with Crippen molar-refractivity contribution in [3.63, 3.8) is 0 Å². The molecule has 0 aromatic heterocycles. The van der Waals surface area contributed by atoms with Gasteiger partial charge >= 0.3 is 0 Å². The molecule has 0 aliphatic heterocycles. The van der Waals surface area contributed by atoms with Crippen molar-refractivity contribution in [2.24, 2.45) is 0 Å². The largest absolute Gasteiger partial charge is 0.378 e. The van der Waals surface area contributed by atoms with E-state index in [1.807, 2.05) is 39.3 Å². The number of nitrogens with zero attached hydrogens (tertiary/aromatic N) is 1. The maximum Gasteiger partial charge on any atom is 0.123 e. The van der Waals surface area contributed by atoms with Gasteiger partial charge in [0, 0.05) is 19.8 Å². The first-order valence-corrected chi connectivity index (χ1v) is 6.32. The van der Waals surface area contributed by atoms with Crippen molar-refractivity contribution in [3.8, 4) is 0 Å². The maximum atomic E-state index is 13.0. The summed E-state index contributed by atoms with van der Waals surface area (Å²) in [5.74, 6) is -0.208. The molecular formula is C16H19FN2. The molecule has 0 bridgehead atoms. The summed E-state index contributed by atoms with van der Waals surface area (Å²) >= 11 is 0. The predicted molar refractivity (Wildman–Crippen MR) is 78.1 cm³/mol. The van der Waals surface area contributed by atoms with Crippen LogP contribution in [0, 0.1) is 5.82 Å². The number of hydrogen-bond acceptors (Lipinski definition) is 2. The quantitative estimate of drug-likeness (QED) is 0.906. The van der Waals surface area contributed by atoms with Crippen molar-refractivity contribution in [1.29, 1.82) is 0 Å². The van der Waals surface area contributed by atoms with E-state index in [4.69, 9.17) is 0 Å². The highest BCUT2D eigenvalue weighted by Crippen LogP contribution is 2.25. The molecule has 0 heterocycles. The molecule has 2 rings (SSSR count). The zero-order valence-electron chi connectivity index (χ0n) is 11.5. The lowest BCUT2D eigenvalue weighted by Crippen LogP contribution is -2.18. The van der Waals surface area contributed by atoms with Crippen LogP contribution in [0.15, 0.2) is 48.5 Å². The van der Waals surface area contributed by atoms with Crippen LogP contribution in [0.2, 0.25) is 0 Å². The fourth-order valence-electron chi connectivity index (χ4n) is 2.16. The van der Waals surface area contributed by atoms with Crippen LogP contribution in [0.4, 0.5) is 10.1 Å². The Morgan fingerprint density at radius 1 is 1.00 bits per heavy atom. The van der Waals surface area contributed by atoms with Crippen molar-refractivity contribution >= 4 is 5.69 Å². The number of rotatable bonds is 4. The highest BCUT2D eigenvalue weighted by Gasteiger charge is 2.12. The van der Waals surface area contributed by atoms with Crippen LogP contribution in [-0.4, -0.2) is 21.1 Å². The molecule has 1 N–H and O–H groups in total. The molecule has 0 aliphatic rings. The molecule has 1 unspecified atom stereocenters. The molecule has 19 heavy (non-hydrogen) atoms. The Bertz CT molecular complexity index is 535. The molecule has 2 nitrogen and oxygen atoms in total. The van der Waals surface area contributed by atoms with Gasteiger partial charge in [0.05, 0.1) is 6.04 Å². The van der Waals surface area contributed by atoms with Gasteiger partial charge in [0.1, 0.15) is 5.82 Å². The van der Waals surface area contributed by atoms with Crippen molar-refractivity contribution in [2.45, 2.75) is 6.04 Å². The third-order valence-electron chi connectivity index (χ3n) is 3.21. The minimum atomic E-state index is -0.208. The lowest BCUT2D eigenvalue weighted by atomic mass is 9.98. The van der Waals surface area contributed by atoms with Gasteiger partial charge in [-0.15, -0.1) is 0 Å². The van der Waals surface area contributed by atoms with E-state index in [1.54, 1.807) is 0 Å². The highest BCUT2D eigenvalue weighted by molar-refractivity contribution is 5.49. The van der Waals surface area contributed by atoms with Crippen LogP contribution in [0.5, 0.6) is 0 Å². The average molecular weight is 258 g/mol. The molecule has 2 aromatic carbocycles. The van der Waals surface area contributed by atoms with Crippen molar-refractivity contribution in [1.82, 2.24) is 5.32 Å². The Balaban J connectivity index is 2.36. The SMILES string of the molecule is CNC(c1ccc(F)cc1)c1cccc(N(C)C)c1. The monoisotopic (exact) mass is 258 g/mol. The maximum absolute atomic E-state index is 13.0. The summed E-state index contributed by atoms with van der Waals surface area (Å²) in [5, 5.41) is 3.28. The van der Waals surface area contributed by atoms with Crippen molar-refractivity contribution in [3.05, 3.63) is 65.5 Å². The third kappa shape index (κ3) is 3.12. The van der Waals surface area contributed by atoms with E-state index in [0.717, 1.165) is 11.3 Å². The van der Waals surface area contributed by atoms with Gasteiger partial charge in [-0.1, -0.05) is 24.3 Å². The summed E-state index contributed by atoms with van der Waals surface area (Å²) < 4.78 is 13.0. The van der Waals surface area contributed by atoms with Crippen LogP contribution in [-0.2, 0) is 0 Å². The van der Waals surface area contributed by atoms with E-state index in [2.05, 4.69) is 28.4 Å². The Hall–Kier alpha value is -1.87. The molecular weight excluding hydrogens is 239 g/mol. The average Bonchev–Trinajstić information content (AvgIpc) is 2.42. The Labute approximate surface area is 113 Å². The van der Waals surface area contributed by atoms with E-state index in [-0.39, 0.29) is 11.9 Å². The number of halogens is 1. The lowest BCUT2D eigenvalue weighted by Gasteiger charge is -2.20. The molecule has 0 amide bonds. The summed E-state index contributed by atoms with van der Waals surface area (Å²) in [4.78, 5) is 2.07. The van der Waals surface area contributed by atoms with Gasteiger partial charge in [-0.2, -0.15) is 0 Å². The topological polar surface area (TPSA) is 15.3 Å². The van der Waals surface area contributed by atoms with Crippen LogP contribution >= 0.6 is 0 Å². The van der Waals surface area contributed by atoms with E-state index in [0.29, 0.717) is 0 Å². The van der Waals surface area contributed by atoms with Crippen LogP contribution in [0.3, 0.4) is 0 Å². The summed E-state index contributed by atoms with van der Waals surface area (Å²) in [6, 6.07) is 15.0. The molecule has 2 aromatic rings. The van der Waals surface area contributed by atoms with Gasteiger partial charge in [-0.25, -0.2) is 4.39 Å². The fraction of sp³-hybridized carbons (Fsp3) is 0.250. The minimum absolute atomic E-state index is 0.0699. The zero-order valence-corrected chi connectivity index (χ0v) is 11.5. The summed E-state index contributed by atoms with van der Waals surface area (Å²) in [5.41, 5.74) is 3.37. The number of benzene rings is 2. The molecule has 0 aliphatic carbocycles. The first kappa shape index (κ1) is 13.6. The Morgan fingerprint density at radius 2 is 1.68 bits per heavy atom. The molecule has 0 saturated heterocycles. The zero-order chi connectivity index (χ0) is 13.8. The molecule has 0 radical (unpaired) electrons. The van der Waals surface area contributed by atoms with Crippen molar-refractivity contribution in [2.75, 3.05) is 26.0 Å². The second kappa shape index (κ2) is 5.85. The molecule has 100 valence electrons. The molecule has 3 heteroatoms. The number of hydrogen-bond donors (Lipinski definition) is 1. The van der Waals surface area contributed by atoms with E-state index < -0.39 is 0 Å². The first-order chi connectivity index (χ1) is 9.11. The van der Waals surface area contributed by atoms with E-state index >= 15 is 0 Å². The third-order valence-corrected chi connectivity index (χ3v) is 3.21. The van der Waals surface area contributed by atoms with Crippen LogP contribution in [0.25, 0.3) is 0 Å². The smallest absolute Gasteiger partial charge is 0.123 e. The van der Waals surface area contributed by atoms with E-state index in [1.165, 1.54) is 17.7 Å². The predicted octanol–water partition coefficient (Wildman–Crippen LogP) is 3.20. The minimum Gasteiger partial charge on any atom is -0.378 e. The molecule has 0 saturated carbocycles. The van der Waals surface area contributed by atoms with Crippen molar-refractivity contribution < 1.29 is 4.39 Å². The second-order valence-corrected chi connectivity index (χ2v) is 4.76. The highest BCUT2D eigenvalue weighted by atomic mass is 19.1. The first-order valence-electron chi connectivity index (χ1n) is 6.32. The normalized spacial score (nSPS) is 12.2. The van der Waals surface area contributed by atoms with Gasteiger partial charge in [-0.05, 0) is 42.4 Å². The van der Waals surface area contributed by atoms with Gasteiger partial charge in [0.15, 0.2) is 0 Å². The van der Waals surface area contributed by atoms with Gasteiger partial charge in [-0.3, -0.25) is 0 Å². The Kier molecular flexibility index (Phi) is 4.17. The van der Waals surface area contributed by atoms with Gasteiger partial charge in [0.2, 0.25) is 0 Å². The molecule has 0 fully saturated rings. The standard InChI is InChI=1S/C16H19FN2/c1-18-16(12-7-9-14(17)10-8-12)13-5-4-6-15(11-13)19(2)3/h4-11,16,18H,1-3H3. The summed E-state index contributed by atoms with van der Waals surface area (Å²) in [6.45, 7) is 0. The number of nitrogens with one attached hydrogen (secondary N) is 1. The summed E-state index contributed by atoms with van der Waals surface area (Å²) in [6.07, 6.45) is 0. The van der Waals surface area contributed by atoms with Crippen LogP contribution < -0.4 is 10.2 Å². The second-order valence-electron chi connectivity index (χ2n) is 4.76. The van der Waals surface area contributed by atoms with Gasteiger partial charge < -0.3 is 10.2 Å². The van der Waals surface area contributed by atoms with Gasteiger partial charge in [0.25, 0.3) is 0 Å². The van der Waals surface area contributed by atoms with Crippen LogP contribution in [0.1, 0.15) is 17.2 Å². The summed E-state index contributed by atoms with van der Waals surface area (Å²) in [7, 11) is 5.95. The van der Waals surface area contributed by atoms with E-state index in [9.17, 15) is 4.39 Å². The Morgan fingerprint density at radius 3 is 2.26 bits per heavy atom. The molecule has 0 spiro atoms. The molecule has 1 atom stereocenters. The number of anilines is 1. The lowest BCUT2D eigenvalue weighted by molar-refractivity contribution is 0.623. The fourth-order valence-corrected chi connectivity index (χ4v) is 2.16.